The molecule has 16 heavy (non-hydrogen) atoms. The standard InChI is InChI=1S/C8H11NO.C3H3NO2/c1-2-10-8-6-4-3-5-7(8)9;4-2-1-3(5)6/h3-6H,2,9H2,1H3;1H2,(H,5,6). The molecule has 1 aromatic rings. The molecule has 0 atom stereocenters. The normalized spacial score (nSPS) is 8.25. The van der Waals surface area contributed by atoms with Crippen LogP contribution in [0.25, 0.3) is 0 Å². The SMILES string of the molecule is CCOc1ccccc1N.N#CCC(=O)O. The molecule has 0 spiro atoms. The molecule has 86 valence electrons. The van der Waals surface area contributed by atoms with Gasteiger partial charge in [0, 0.05) is 0 Å². The van der Waals surface area contributed by atoms with Crippen molar-refractivity contribution in [1.29, 1.82) is 5.26 Å². The molecular formula is C11H14N2O3. The zero-order chi connectivity index (χ0) is 12.4. The topological polar surface area (TPSA) is 96.3 Å². The zero-order valence-corrected chi connectivity index (χ0v) is 9.01. The number of ether oxygens (including phenoxy) is 1. The van der Waals surface area contributed by atoms with Crippen molar-refractivity contribution in [2.75, 3.05) is 12.3 Å². The van der Waals surface area contributed by atoms with Crippen LogP contribution in [0.2, 0.25) is 0 Å². The molecule has 0 saturated heterocycles. The van der Waals surface area contributed by atoms with Crippen molar-refractivity contribution < 1.29 is 14.6 Å². The van der Waals surface area contributed by atoms with Crippen LogP contribution in [0, 0.1) is 11.3 Å². The Hall–Kier alpha value is -2.22. The fraction of sp³-hybridized carbons (Fsp3) is 0.273. The minimum absolute atomic E-state index is 0.403. The third kappa shape index (κ3) is 6.27. The van der Waals surface area contributed by atoms with Gasteiger partial charge >= 0.3 is 5.97 Å². The Labute approximate surface area is 94.1 Å². The molecule has 0 fully saturated rings. The number of nitrogens with zero attached hydrogens (tertiary/aromatic N) is 1. The highest BCUT2D eigenvalue weighted by atomic mass is 16.5. The van der Waals surface area contributed by atoms with Crippen molar-refractivity contribution >= 4 is 11.7 Å². The van der Waals surface area contributed by atoms with E-state index in [9.17, 15) is 4.79 Å². The van der Waals surface area contributed by atoms with Crippen LogP contribution < -0.4 is 10.5 Å². The number of para-hydroxylation sites is 2. The number of carboxylic acid groups (broad SMARTS) is 1. The second kappa shape index (κ2) is 8.12. The first-order chi connectivity index (χ1) is 7.61. The largest absolute Gasteiger partial charge is 0.492 e. The first-order valence-corrected chi connectivity index (χ1v) is 4.67. The maximum atomic E-state index is 9.38. The molecule has 0 aliphatic carbocycles. The van der Waals surface area contributed by atoms with Crippen molar-refractivity contribution in [2.45, 2.75) is 13.3 Å². The third-order valence-corrected chi connectivity index (χ3v) is 1.45. The number of benzene rings is 1. The van der Waals surface area contributed by atoms with Crippen LogP contribution in [0.1, 0.15) is 13.3 Å². The van der Waals surface area contributed by atoms with E-state index in [4.69, 9.17) is 20.8 Å². The van der Waals surface area contributed by atoms with E-state index in [1.807, 2.05) is 31.2 Å². The van der Waals surface area contributed by atoms with Crippen molar-refractivity contribution in [2.24, 2.45) is 0 Å². The highest BCUT2D eigenvalue weighted by molar-refractivity contribution is 5.69. The van der Waals surface area contributed by atoms with E-state index < -0.39 is 12.4 Å². The number of aliphatic carboxylic acids is 1. The average molecular weight is 222 g/mol. The highest BCUT2D eigenvalue weighted by Crippen LogP contribution is 2.18. The molecule has 0 radical (unpaired) electrons. The van der Waals surface area contributed by atoms with Gasteiger partial charge in [-0.15, -0.1) is 0 Å². The summed E-state index contributed by atoms with van der Waals surface area (Å²) in [5.74, 6) is -0.303. The Balaban J connectivity index is 0.000000325. The van der Waals surface area contributed by atoms with Gasteiger partial charge in [0.1, 0.15) is 12.2 Å². The van der Waals surface area contributed by atoms with Gasteiger partial charge in [-0.1, -0.05) is 12.1 Å². The maximum absolute atomic E-state index is 9.38. The lowest BCUT2D eigenvalue weighted by Gasteiger charge is -2.04. The van der Waals surface area contributed by atoms with E-state index in [0.717, 1.165) is 5.75 Å². The van der Waals surface area contributed by atoms with Crippen molar-refractivity contribution in [1.82, 2.24) is 0 Å². The Morgan fingerprint density at radius 1 is 1.56 bits per heavy atom. The molecule has 0 saturated carbocycles. The molecule has 0 bridgehead atoms. The second-order valence-electron chi connectivity index (χ2n) is 2.70. The number of hydrogen-bond acceptors (Lipinski definition) is 4. The molecule has 5 nitrogen and oxygen atoms in total. The summed E-state index contributed by atoms with van der Waals surface area (Å²) < 4.78 is 5.21. The van der Waals surface area contributed by atoms with Crippen LogP contribution in [0.4, 0.5) is 5.69 Å². The van der Waals surface area contributed by atoms with E-state index in [1.165, 1.54) is 6.07 Å². The molecule has 3 N–H and O–H groups in total. The van der Waals surface area contributed by atoms with E-state index in [0.29, 0.717) is 12.3 Å². The Morgan fingerprint density at radius 3 is 2.56 bits per heavy atom. The van der Waals surface area contributed by atoms with Crippen molar-refractivity contribution in [3.8, 4) is 11.8 Å². The van der Waals surface area contributed by atoms with E-state index in [-0.39, 0.29) is 0 Å². The molecule has 1 aromatic carbocycles. The van der Waals surface area contributed by atoms with Gasteiger partial charge in [-0.3, -0.25) is 4.79 Å². The van der Waals surface area contributed by atoms with Gasteiger partial charge in [0.2, 0.25) is 0 Å². The van der Waals surface area contributed by atoms with Crippen molar-refractivity contribution in [3.05, 3.63) is 24.3 Å². The Morgan fingerprint density at radius 2 is 2.19 bits per heavy atom. The van der Waals surface area contributed by atoms with E-state index in [1.54, 1.807) is 0 Å². The monoisotopic (exact) mass is 222 g/mol. The minimum Gasteiger partial charge on any atom is -0.492 e. The smallest absolute Gasteiger partial charge is 0.317 e. The molecule has 0 aliphatic rings. The zero-order valence-electron chi connectivity index (χ0n) is 9.01. The Kier molecular flexibility index (Phi) is 6.99. The number of carbonyl (C=O) groups is 1. The molecule has 0 unspecified atom stereocenters. The fourth-order valence-corrected chi connectivity index (χ4v) is 0.835. The van der Waals surface area contributed by atoms with Gasteiger partial charge in [-0.05, 0) is 19.1 Å². The molecular weight excluding hydrogens is 208 g/mol. The van der Waals surface area contributed by atoms with Gasteiger partial charge in [0.25, 0.3) is 0 Å². The van der Waals surface area contributed by atoms with Crippen LogP contribution in [0.15, 0.2) is 24.3 Å². The third-order valence-electron chi connectivity index (χ3n) is 1.45. The summed E-state index contributed by atoms with van der Waals surface area (Å²) in [4.78, 5) is 9.38. The summed E-state index contributed by atoms with van der Waals surface area (Å²) in [6.45, 7) is 2.60. The summed E-state index contributed by atoms with van der Waals surface area (Å²) in [6, 6.07) is 8.94. The molecule has 0 aliphatic heterocycles. The first kappa shape index (κ1) is 13.8. The number of hydrogen-bond donors (Lipinski definition) is 2. The number of anilines is 1. The first-order valence-electron chi connectivity index (χ1n) is 4.67. The van der Waals surface area contributed by atoms with Gasteiger partial charge in [0.05, 0.1) is 18.4 Å². The maximum Gasteiger partial charge on any atom is 0.317 e. The summed E-state index contributed by atoms with van der Waals surface area (Å²) in [7, 11) is 0. The van der Waals surface area contributed by atoms with E-state index in [2.05, 4.69) is 0 Å². The van der Waals surface area contributed by atoms with Gasteiger partial charge < -0.3 is 15.6 Å². The number of nitriles is 1. The van der Waals surface area contributed by atoms with Crippen LogP contribution in [-0.4, -0.2) is 17.7 Å². The van der Waals surface area contributed by atoms with Crippen molar-refractivity contribution in [3.63, 3.8) is 0 Å². The average Bonchev–Trinajstić information content (AvgIpc) is 2.22. The summed E-state index contributed by atoms with van der Waals surface area (Å²) >= 11 is 0. The lowest BCUT2D eigenvalue weighted by atomic mass is 10.3. The molecule has 0 amide bonds. The number of rotatable bonds is 3. The van der Waals surface area contributed by atoms with Crippen LogP contribution in [0.3, 0.4) is 0 Å². The lowest BCUT2D eigenvalue weighted by molar-refractivity contribution is -0.135. The van der Waals surface area contributed by atoms with Gasteiger partial charge in [-0.25, -0.2) is 0 Å². The predicted molar refractivity (Wildman–Crippen MR) is 59.9 cm³/mol. The van der Waals surface area contributed by atoms with Crippen LogP contribution >= 0.6 is 0 Å². The van der Waals surface area contributed by atoms with Crippen LogP contribution in [-0.2, 0) is 4.79 Å². The molecule has 0 heterocycles. The second-order valence-corrected chi connectivity index (χ2v) is 2.70. The quantitative estimate of drug-likeness (QED) is 0.758. The molecule has 1 rings (SSSR count). The van der Waals surface area contributed by atoms with E-state index >= 15 is 0 Å². The molecule has 5 heteroatoms. The summed E-state index contributed by atoms with van der Waals surface area (Å²) in [6.07, 6.45) is -0.403. The number of carboxylic acids is 1. The Bertz CT molecular complexity index is 372. The lowest BCUT2D eigenvalue weighted by Crippen LogP contribution is -1.95. The summed E-state index contributed by atoms with van der Waals surface area (Å²) in [5, 5.41) is 15.3. The fourth-order valence-electron chi connectivity index (χ4n) is 0.835. The minimum atomic E-state index is -1.07. The van der Waals surface area contributed by atoms with Gasteiger partial charge in [-0.2, -0.15) is 5.26 Å². The van der Waals surface area contributed by atoms with Gasteiger partial charge in [0.15, 0.2) is 0 Å². The number of nitrogen functional groups attached to an aromatic ring is 1. The molecule has 0 aromatic heterocycles. The predicted octanol–water partition coefficient (Wildman–Crippen LogP) is 1.65. The highest BCUT2D eigenvalue weighted by Gasteiger charge is 1.93. The summed E-state index contributed by atoms with van der Waals surface area (Å²) in [5.41, 5.74) is 6.28. The number of nitrogens with two attached hydrogens (primary N) is 1. The van der Waals surface area contributed by atoms with Crippen LogP contribution in [0.5, 0.6) is 5.75 Å².